The third-order valence-electron chi connectivity index (χ3n) is 3.76. The fourth-order valence-electron chi connectivity index (χ4n) is 2.47. The molecule has 0 saturated carbocycles. The van der Waals surface area contributed by atoms with Gasteiger partial charge in [0.05, 0.1) is 6.61 Å². The normalized spacial score (nSPS) is 10.3. The maximum atomic E-state index is 12.8. The van der Waals surface area contributed by atoms with E-state index in [-0.39, 0.29) is 12.5 Å². The molecule has 0 atom stereocenters. The molecule has 0 aliphatic heterocycles. The van der Waals surface area contributed by atoms with Crippen LogP contribution in [0, 0.1) is 0 Å². The summed E-state index contributed by atoms with van der Waals surface area (Å²) in [6.07, 6.45) is 0.587. The summed E-state index contributed by atoms with van der Waals surface area (Å²) in [7, 11) is 1.58. The quantitative estimate of drug-likeness (QED) is 0.661. The van der Waals surface area contributed by atoms with Gasteiger partial charge in [0.2, 0.25) is 0 Å². The lowest BCUT2D eigenvalue weighted by Crippen LogP contribution is -2.37. The molecule has 0 aliphatic rings. The van der Waals surface area contributed by atoms with E-state index < -0.39 is 5.97 Å². The Morgan fingerprint density at radius 3 is 2.50 bits per heavy atom. The lowest BCUT2D eigenvalue weighted by molar-refractivity contribution is -0.137. The zero-order valence-electron chi connectivity index (χ0n) is 14.8. The van der Waals surface area contributed by atoms with Gasteiger partial charge >= 0.3 is 5.97 Å². The van der Waals surface area contributed by atoms with Crippen LogP contribution < -0.4 is 4.74 Å². The fraction of sp³-hybridized carbons (Fsp3) is 0.300. The SMILES string of the molecule is COCCOc1cccc(C(=O)N(CCc2ccccc2)CC(=O)O)c1. The number of hydrogen-bond donors (Lipinski definition) is 1. The van der Waals surface area contributed by atoms with E-state index in [9.17, 15) is 9.59 Å². The van der Waals surface area contributed by atoms with Crippen molar-refractivity contribution in [3.63, 3.8) is 0 Å². The molecule has 138 valence electrons. The second-order valence-corrected chi connectivity index (χ2v) is 5.73. The first-order valence-corrected chi connectivity index (χ1v) is 8.37. The Kier molecular flexibility index (Phi) is 7.64. The standard InChI is InChI=1S/C20H23NO5/c1-25-12-13-26-18-9-5-8-17(14-18)20(24)21(15-19(22)23)11-10-16-6-3-2-4-7-16/h2-9,14H,10-13,15H2,1H3,(H,22,23). The van der Waals surface area contributed by atoms with Gasteiger partial charge in [0.1, 0.15) is 18.9 Å². The molecule has 0 spiro atoms. The molecule has 6 nitrogen and oxygen atoms in total. The first kappa shape index (κ1) is 19.5. The van der Waals surface area contributed by atoms with Crippen LogP contribution in [0.1, 0.15) is 15.9 Å². The predicted octanol–water partition coefficient (Wildman–Crippen LogP) is 2.48. The minimum absolute atomic E-state index is 0.323. The van der Waals surface area contributed by atoms with Crippen LogP contribution in [0.5, 0.6) is 5.75 Å². The largest absolute Gasteiger partial charge is 0.491 e. The highest BCUT2D eigenvalue weighted by molar-refractivity contribution is 5.96. The number of carboxylic acid groups (broad SMARTS) is 1. The maximum absolute atomic E-state index is 12.8. The zero-order chi connectivity index (χ0) is 18.8. The van der Waals surface area contributed by atoms with Crippen LogP contribution in [0.4, 0.5) is 0 Å². The van der Waals surface area contributed by atoms with E-state index >= 15 is 0 Å². The highest BCUT2D eigenvalue weighted by Gasteiger charge is 2.19. The van der Waals surface area contributed by atoms with Crippen molar-refractivity contribution in [3.05, 3.63) is 65.7 Å². The molecule has 2 aromatic carbocycles. The number of methoxy groups -OCH3 is 1. The summed E-state index contributed by atoms with van der Waals surface area (Å²) in [5.41, 5.74) is 1.45. The number of carbonyl (C=O) groups is 2. The summed E-state index contributed by atoms with van der Waals surface area (Å²) in [6, 6.07) is 16.4. The van der Waals surface area contributed by atoms with Crippen molar-refractivity contribution in [3.8, 4) is 5.75 Å². The van der Waals surface area contributed by atoms with Gasteiger partial charge in [-0.05, 0) is 30.2 Å². The summed E-state index contributed by atoms with van der Waals surface area (Å²) in [6.45, 7) is 0.797. The maximum Gasteiger partial charge on any atom is 0.323 e. The minimum Gasteiger partial charge on any atom is -0.491 e. The Morgan fingerprint density at radius 2 is 1.81 bits per heavy atom. The van der Waals surface area contributed by atoms with Crippen molar-refractivity contribution >= 4 is 11.9 Å². The van der Waals surface area contributed by atoms with Crippen LogP contribution in [0.3, 0.4) is 0 Å². The monoisotopic (exact) mass is 357 g/mol. The Bertz CT molecular complexity index is 717. The summed E-state index contributed by atoms with van der Waals surface area (Å²) < 4.78 is 10.4. The number of aliphatic carboxylic acids is 1. The Morgan fingerprint density at radius 1 is 1.04 bits per heavy atom. The van der Waals surface area contributed by atoms with Crippen LogP contribution in [0.25, 0.3) is 0 Å². The van der Waals surface area contributed by atoms with Crippen molar-refractivity contribution in [2.45, 2.75) is 6.42 Å². The molecule has 0 aromatic heterocycles. The Labute approximate surface area is 153 Å². The topological polar surface area (TPSA) is 76.1 Å². The molecule has 6 heteroatoms. The summed E-state index contributed by atoms with van der Waals surface area (Å²) in [5.74, 6) is -0.828. The highest BCUT2D eigenvalue weighted by Crippen LogP contribution is 2.15. The zero-order valence-corrected chi connectivity index (χ0v) is 14.8. The molecule has 0 radical (unpaired) electrons. The van der Waals surface area contributed by atoms with Gasteiger partial charge in [-0.3, -0.25) is 9.59 Å². The van der Waals surface area contributed by atoms with Gasteiger partial charge in [0.25, 0.3) is 5.91 Å². The fourth-order valence-corrected chi connectivity index (χ4v) is 2.47. The smallest absolute Gasteiger partial charge is 0.323 e. The van der Waals surface area contributed by atoms with Gasteiger partial charge in [-0.15, -0.1) is 0 Å². The molecule has 0 heterocycles. The average Bonchev–Trinajstić information content (AvgIpc) is 2.65. The molecule has 1 N–H and O–H groups in total. The van der Waals surface area contributed by atoms with E-state index in [0.29, 0.717) is 37.5 Å². The van der Waals surface area contributed by atoms with Crippen LogP contribution in [0.2, 0.25) is 0 Å². The van der Waals surface area contributed by atoms with Crippen molar-refractivity contribution in [1.82, 2.24) is 4.90 Å². The number of rotatable bonds is 10. The Balaban J connectivity index is 2.07. The van der Waals surface area contributed by atoms with E-state index in [1.54, 1.807) is 31.4 Å². The molecule has 0 saturated heterocycles. The number of ether oxygens (including phenoxy) is 2. The van der Waals surface area contributed by atoms with Crippen molar-refractivity contribution < 1.29 is 24.2 Å². The lowest BCUT2D eigenvalue weighted by Gasteiger charge is -2.21. The van der Waals surface area contributed by atoms with Gasteiger partial charge in [-0.25, -0.2) is 0 Å². The number of benzene rings is 2. The third kappa shape index (κ3) is 6.22. The molecule has 2 rings (SSSR count). The van der Waals surface area contributed by atoms with Gasteiger partial charge in [-0.2, -0.15) is 0 Å². The Hall–Kier alpha value is -2.86. The highest BCUT2D eigenvalue weighted by atomic mass is 16.5. The number of carboxylic acids is 1. The van der Waals surface area contributed by atoms with Gasteiger partial charge < -0.3 is 19.5 Å². The minimum atomic E-state index is -1.04. The lowest BCUT2D eigenvalue weighted by atomic mass is 10.1. The second-order valence-electron chi connectivity index (χ2n) is 5.73. The number of amides is 1. The molecule has 1 amide bonds. The molecule has 0 unspecified atom stereocenters. The van der Waals surface area contributed by atoms with Crippen LogP contribution in [-0.4, -0.2) is 55.3 Å². The summed E-state index contributed by atoms with van der Waals surface area (Å²) >= 11 is 0. The van der Waals surface area contributed by atoms with E-state index in [1.165, 1.54) is 4.90 Å². The molecule has 2 aromatic rings. The molecule has 0 bridgehead atoms. The van der Waals surface area contributed by atoms with Gasteiger partial charge in [0, 0.05) is 19.2 Å². The number of nitrogens with zero attached hydrogens (tertiary/aromatic N) is 1. The van der Waals surface area contributed by atoms with E-state index in [4.69, 9.17) is 14.6 Å². The molecule has 26 heavy (non-hydrogen) atoms. The van der Waals surface area contributed by atoms with E-state index in [1.807, 2.05) is 30.3 Å². The van der Waals surface area contributed by atoms with Crippen LogP contribution in [-0.2, 0) is 16.0 Å². The van der Waals surface area contributed by atoms with Crippen LogP contribution in [0.15, 0.2) is 54.6 Å². The number of hydrogen-bond acceptors (Lipinski definition) is 4. The third-order valence-corrected chi connectivity index (χ3v) is 3.76. The van der Waals surface area contributed by atoms with Gasteiger partial charge in [0.15, 0.2) is 0 Å². The van der Waals surface area contributed by atoms with Crippen molar-refractivity contribution in [1.29, 1.82) is 0 Å². The van der Waals surface area contributed by atoms with Crippen LogP contribution >= 0.6 is 0 Å². The average molecular weight is 357 g/mol. The molecular formula is C20H23NO5. The first-order chi connectivity index (χ1) is 12.6. The van der Waals surface area contributed by atoms with E-state index in [2.05, 4.69) is 0 Å². The molecular weight excluding hydrogens is 334 g/mol. The first-order valence-electron chi connectivity index (χ1n) is 8.37. The molecule has 0 aliphatic carbocycles. The second kappa shape index (κ2) is 10.2. The number of carbonyl (C=O) groups excluding carboxylic acids is 1. The van der Waals surface area contributed by atoms with Crippen molar-refractivity contribution in [2.24, 2.45) is 0 Å². The van der Waals surface area contributed by atoms with E-state index in [0.717, 1.165) is 5.56 Å². The summed E-state index contributed by atoms with van der Waals surface area (Å²) in [4.78, 5) is 25.3. The van der Waals surface area contributed by atoms with Gasteiger partial charge in [-0.1, -0.05) is 36.4 Å². The summed E-state index contributed by atoms with van der Waals surface area (Å²) in [5, 5.41) is 9.14. The predicted molar refractivity (Wildman–Crippen MR) is 97.5 cm³/mol. The van der Waals surface area contributed by atoms with Crippen molar-refractivity contribution in [2.75, 3.05) is 33.4 Å². The molecule has 0 fully saturated rings.